The molecule has 1 amide bonds. The second kappa shape index (κ2) is 9.95. The van der Waals surface area contributed by atoms with E-state index in [0.29, 0.717) is 6.54 Å². The number of hydrogen-bond acceptors (Lipinski definition) is 7. The molecule has 8 heteroatoms. The van der Waals surface area contributed by atoms with Crippen LogP contribution >= 0.6 is 0 Å². The van der Waals surface area contributed by atoms with Crippen molar-refractivity contribution < 1.29 is 33.2 Å². The molecule has 3 rings (SSSR count). The summed E-state index contributed by atoms with van der Waals surface area (Å²) in [5.74, 6) is 0.108. The maximum atomic E-state index is 12.0. The molecule has 0 spiro atoms. The predicted octanol–water partition coefficient (Wildman–Crippen LogP) is 3.98. The Hall–Kier alpha value is -1.87. The van der Waals surface area contributed by atoms with Crippen LogP contribution < -0.4 is 10.1 Å². The van der Waals surface area contributed by atoms with E-state index in [0.717, 1.165) is 24.2 Å². The number of alkyl carbamates (subject to hydrolysis) is 1. The zero-order valence-corrected chi connectivity index (χ0v) is 20.2. The fourth-order valence-corrected chi connectivity index (χ4v) is 4.29. The second-order valence-electron chi connectivity index (χ2n) is 9.72. The summed E-state index contributed by atoms with van der Waals surface area (Å²) < 4.78 is 34.8. The van der Waals surface area contributed by atoms with Gasteiger partial charge in [-0.3, -0.25) is 0 Å². The molecule has 2 aliphatic rings. The first-order valence-corrected chi connectivity index (χ1v) is 11.2. The average molecular weight is 452 g/mol. The van der Waals surface area contributed by atoms with Crippen LogP contribution in [0.1, 0.15) is 58.9 Å². The molecule has 1 aromatic carbocycles. The van der Waals surface area contributed by atoms with Gasteiger partial charge in [0.1, 0.15) is 23.6 Å². The molecular weight excluding hydrogens is 414 g/mol. The number of hydrogen-bond donors (Lipinski definition) is 1. The van der Waals surface area contributed by atoms with Gasteiger partial charge in [-0.2, -0.15) is 0 Å². The van der Waals surface area contributed by atoms with Crippen molar-refractivity contribution in [3.05, 3.63) is 29.8 Å². The van der Waals surface area contributed by atoms with Crippen molar-refractivity contribution in [2.75, 3.05) is 20.8 Å². The Labute approximate surface area is 190 Å². The predicted molar refractivity (Wildman–Crippen MR) is 119 cm³/mol. The molecule has 0 aliphatic carbocycles. The zero-order chi connectivity index (χ0) is 23.5. The molecule has 2 heterocycles. The van der Waals surface area contributed by atoms with E-state index in [1.54, 1.807) is 14.2 Å². The highest BCUT2D eigenvalue weighted by molar-refractivity contribution is 5.67. The molecule has 2 aliphatic heterocycles. The third kappa shape index (κ3) is 6.13. The van der Waals surface area contributed by atoms with Crippen LogP contribution in [0, 0.1) is 0 Å². The summed E-state index contributed by atoms with van der Waals surface area (Å²) in [7, 11) is 3.32. The number of rotatable bonds is 8. The maximum Gasteiger partial charge on any atom is 0.407 e. The Morgan fingerprint density at radius 3 is 2.44 bits per heavy atom. The average Bonchev–Trinajstić information content (AvgIpc) is 3.17. The molecule has 2 fully saturated rings. The number of nitrogens with one attached hydrogen (secondary N) is 1. The molecule has 2 saturated heterocycles. The monoisotopic (exact) mass is 451 g/mol. The van der Waals surface area contributed by atoms with Crippen LogP contribution in [0.15, 0.2) is 24.3 Å². The number of benzene rings is 1. The van der Waals surface area contributed by atoms with Crippen LogP contribution in [0.5, 0.6) is 5.75 Å². The van der Waals surface area contributed by atoms with Gasteiger partial charge in [0.15, 0.2) is 12.1 Å². The van der Waals surface area contributed by atoms with Crippen molar-refractivity contribution in [2.45, 2.75) is 89.4 Å². The van der Waals surface area contributed by atoms with E-state index in [1.165, 1.54) is 0 Å². The van der Waals surface area contributed by atoms with Crippen molar-refractivity contribution in [1.82, 2.24) is 5.32 Å². The summed E-state index contributed by atoms with van der Waals surface area (Å²) in [6.45, 7) is 9.78. The molecule has 0 bridgehead atoms. The minimum atomic E-state index is -0.704. The van der Waals surface area contributed by atoms with Gasteiger partial charge < -0.3 is 33.7 Å². The number of amides is 1. The molecule has 1 aromatic rings. The van der Waals surface area contributed by atoms with E-state index in [1.807, 2.05) is 58.9 Å². The number of ether oxygens (including phenoxy) is 6. The van der Waals surface area contributed by atoms with Crippen molar-refractivity contribution >= 4 is 6.09 Å². The number of carbonyl (C=O) groups is 1. The minimum absolute atomic E-state index is 0.0206. The molecule has 0 aromatic heterocycles. The van der Waals surface area contributed by atoms with E-state index >= 15 is 0 Å². The molecule has 1 N–H and O–H groups in total. The van der Waals surface area contributed by atoms with Gasteiger partial charge in [-0.15, -0.1) is 0 Å². The van der Waals surface area contributed by atoms with E-state index in [4.69, 9.17) is 28.4 Å². The first kappa shape index (κ1) is 24.8. The van der Waals surface area contributed by atoms with Gasteiger partial charge in [0.25, 0.3) is 0 Å². The van der Waals surface area contributed by atoms with Crippen molar-refractivity contribution in [3.63, 3.8) is 0 Å². The van der Waals surface area contributed by atoms with E-state index in [9.17, 15) is 4.79 Å². The molecule has 5 atom stereocenters. The molecular formula is C24H37NO7. The van der Waals surface area contributed by atoms with E-state index in [-0.39, 0.29) is 24.2 Å². The highest BCUT2D eigenvalue weighted by Crippen LogP contribution is 2.44. The van der Waals surface area contributed by atoms with Crippen LogP contribution in [0.3, 0.4) is 0 Å². The van der Waals surface area contributed by atoms with Crippen LogP contribution in [-0.4, -0.2) is 62.8 Å². The van der Waals surface area contributed by atoms with Crippen LogP contribution in [0.4, 0.5) is 4.79 Å². The summed E-state index contributed by atoms with van der Waals surface area (Å²) in [5, 5.41) is 2.83. The van der Waals surface area contributed by atoms with Gasteiger partial charge in [0, 0.05) is 19.6 Å². The Morgan fingerprint density at radius 2 is 1.84 bits per heavy atom. The van der Waals surface area contributed by atoms with E-state index < -0.39 is 23.8 Å². The van der Waals surface area contributed by atoms with Gasteiger partial charge >= 0.3 is 6.09 Å². The normalized spacial score (nSPS) is 27.6. The van der Waals surface area contributed by atoms with Gasteiger partial charge in [0.05, 0.1) is 13.2 Å². The molecule has 0 radical (unpaired) electrons. The number of fused-ring (bicyclic) bond motifs is 1. The molecule has 32 heavy (non-hydrogen) atoms. The van der Waals surface area contributed by atoms with Gasteiger partial charge in [0.2, 0.25) is 0 Å². The first-order chi connectivity index (χ1) is 15.0. The SMILES string of the molecule is COc1ccc([C@@H](CCCNC(=O)OC(C)(C)C)[C@H]2O[C@@H]3OC(C)(C)O[C@@H]3[C@H]2OC)cc1. The Bertz CT molecular complexity index is 759. The maximum absolute atomic E-state index is 12.0. The molecule has 180 valence electrons. The Kier molecular flexibility index (Phi) is 7.70. The van der Waals surface area contributed by atoms with Crippen LogP contribution in [0.2, 0.25) is 0 Å². The summed E-state index contributed by atoms with van der Waals surface area (Å²) in [4.78, 5) is 12.0. The highest BCUT2D eigenvalue weighted by atomic mass is 16.8. The topological polar surface area (TPSA) is 84.5 Å². The fraction of sp³-hybridized carbons (Fsp3) is 0.708. The summed E-state index contributed by atoms with van der Waals surface area (Å²) in [6, 6.07) is 7.96. The molecule has 0 unspecified atom stereocenters. The van der Waals surface area contributed by atoms with Gasteiger partial charge in [-0.1, -0.05) is 12.1 Å². The smallest absolute Gasteiger partial charge is 0.407 e. The fourth-order valence-electron chi connectivity index (χ4n) is 4.29. The Morgan fingerprint density at radius 1 is 1.16 bits per heavy atom. The first-order valence-electron chi connectivity index (χ1n) is 11.2. The van der Waals surface area contributed by atoms with Crippen molar-refractivity contribution in [1.29, 1.82) is 0 Å². The summed E-state index contributed by atoms with van der Waals surface area (Å²) in [5.41, 5.74) is 0.583. The second-order valence-corrected chi connectivity index (χ2v) is 9.72. The van der Waals surface area contributed by atoms with Crippen molar-refractivity contribution in [2.24, 2.45) is 0 Å². The highest BCUT2D eigenvalue weighted by Gasteiger charge is 2.56. The third-order valence-corrected chi connectivity index (χ3v) is 5.60. The van der Waals surface area contributed by atoms with Crippen LogP contribution in [0.25, 0.3) is 0 Å². The van der Waals surface area contributed by atoms with Crippen molar-refractivity contribution in [3.8, 4) is 5.75 Å². The largest absolute Gasteiger partial charge is 0.497 e. The lowest BCUT2D eigenvalue weighted by atomic mass is 9.86. The number of carbonyl (C=O) groups excluding carboxylic acids is 1. The molecule has 8 nitrogen and oxygen atoms in total. The quantitative estimate of drug-likeness (QED) is 0.599. The lowest BCUT2D eigenvalue weighted by Crippen LogP contribution is -2.39. The minimum Gasteiger partial charge on any atom is -0.497 e. The Balaban J connectivity index is 1.69. The van der Waals surface area contributed by atoms with Gasteiger partial charge in [-0.05, 0) is 65.2 Å². The lowest BCUT2D eigenvalue weighted by molar-refractivity contribution is -0.219. The standard InChI is InChI=1S/C24H37NO7/c1-23(2,3)32-22(26)25-14-8-9-17(15-10-12-16(27-6)13-11-15)18-19(28-7)20-21(29-18)31-24(4,5)30-20/h10-13,17-21H,8-9,14H2,1-7H3,(H,25,26)/t17-,18-,19+,20-,21-/m1/s1. The van der Waals surface area contributed by atoms with Crippen LogP contribution in [-0.2, 0) is 23.7 Å². The molecule has 0 saturated carbocycles. The summed E-state index contributed by atoms with van der Waals surface area (Å²) in [6.07, 6.45) is -0.177. The zero-order valence-electron chi connectivity index (χ0n) is 20.2. The number of methoxy groups -OCH3 is 2. The summed E-state index contributed by atoms with van der Waals surface area (Å²) >= 11 is 0. The van der Waals surface area contributed by atoms with E-state index in [2.05, 4.69) is 5.32 Å². The lowest BCUT2D eigenvalue weighted by Gasteiger charge is -2.31. The van der Waals surface area contributed by atoms with Gasteiger partial charge in [-0.25, -0.2) is 4.79 Å². The third-order valence-electron chi connectivity index (χ3n) is 5.60.